The SMILES string of the molecule is COc1cccc(-c2cccc(C(=O)C(F)(F)F)c2COC(=O)C(F)(F)F)c1. The maximum absolute atomic E-state index is 12.9. The fraction of sp³-hybridized carbons (Fsp3) is 0.222. The second-order valence-electron chi connectivity index (χ2n) is 5.46. The Labute approximate surface area is 154 Å². The van der Waals surface area contributed by atoms with Crippen LogP contribution in [0.1, 0.15) is 15.9 Å². The van der Waals surface area contributed by atoms with Crippen LogP contribution < -0.4 is 4.74 Å². The lowest BCUT2D eigenvalue weighted by Crippen LogP contribution is -2.27. The second kappa shape index (κ2) is 7.91. The van der Waals surface area contributed by atoms with Gasteiger partial charge in [0.05, 0.1) is 7.11 Å². The number of ketones is 1. The summed E-state index contributed by atoms with van der Waals surface area (Å²) in [6.45, 7) is -1.18. The summed E-state index contributed by atoms with van der Waals surface area (Å²) in [5.74, 6) is -4.53. The van der Waals surface area contributed by atoms with E-state index in [0.29, 0.717) is 5.75 Å². The lowest BCUT2D eigenvalue weighted by Gasteiger charge is -2.16. The number of Topliss-reactive ketones (excluding diaryl/α,β-unsaturated/α-hetero) is 1. The first-order valence-corrected chi connectivity index (χ1v) is 7.57. The molecule has 2 rings (SSSR count). The molecule has 10 heteroatoms. The van der Waals surface area contributed by atoms with Crippen molar-refractivity contribution in [2.75, 3.05) is 7.11 Å². The summed E-state index contributed by atoms with van der Waals surface area (Å²) in [4.78, 5) is 22.7. The van der Waals surface area contributed by atoms with E-state index >= 15 is 0 Å². The molecule has 0 spiro atoms. The van der Waals surface area contributed by atoms with E-state index in [2.05, 4.69) is 4.74 Å². The van der Waals surface area contributed by atoms with Gasteiger partial charge in [-0.2, -0.15) is 26.3 Å². The molecule has 2 aromatic carbocycles. The Morgan fingerprint density at radius 1 is 0.929 bits per heavy atom. The highest BCUT2D eigenvalue weighted by Crippen LogP contribution is 2.33. The van der Waals surface area contributed by atoms with E-state index in [1.807, 2.05) is 0 Å². The van der Waals surface area contributed by atoms with Crippen LogP contribution in [0.2, 0.25) is 0 Å². The molecule has 4 nitrogen and oxygen atoms in total. The van der Waals surface area contributed by atoms with Gasteiger partial charge in [0.2, 0.25) is 0 Å². The standard InChI is InChI=1S/C18H12F6O4/c1-27-11-5-2-4-10(8-11)12-6-3-7-13(15(25)17(19,20)21)14(12)9-28-16(26)18(22,23)24/h2-8H,9H2,1H3. The van der Waals surface area contributed by atoms with E-state index in [1.54, 1.807) is 0 Å². The summed E-state index contributed by atoms with van der Waals surface area (Å²) in [5.41, 5.74) is -1.17. The largest absolute Gasteiger partial charge is 0.497 e. The van der Waals surface area contributed by atoms with Gasteiger partial charge in [0.25, 0.3) is 5.78 Å². The molecule has 0 N–H and O–H groups in total. The Balaban J connectivity index is 2.58. The fourth-order valence-electron chi connectivity index (χ4n) is 2.39. The van der Waals surface area contributed by atoms with Gasteiger partial charge in [0.15, 0.2) is 0 Å². The second-order valence-corrected chi connectivity index (χ2v) is 5.46. The number of hydrogen-bond donors (Lipinski definition) is 0. The number of benzene rings is 2. The van der Waals surface area contributed by atoms with E-state index in [0.717, 1.165) is 12.1 Å². The molecule has 2 aromatic rings. The van der Waals surface area contributed by atoms with Crippen molar-refractivity contribution in [3.05, 3.63) is 53.6 Å². The third-order valence-electron chi connectivity index (χ3n) is 3.64. The molecular weight excluding hydrogens is 394 g/mol. The molecular formula is C18H12F6O4. The van der Waals surface area contributed by atoms with Crippen molar-refractivity contribution >= 4 is 11.8 Å². The van der Waals surface area contributed by atoms with Gasteiger partial charge < -0.3 is 9.47 Å². The maximum atomic E-state index is 12.9. The van der Waals surface area contributed by atoms with Gasteiger partial charge in [-0.05, 0) is 23.3 Å². The number of alkyl halides is 6. The normalized spacial score (nSPS) is 11.8. The summed E-state index contributed by atoms with van der Waals surface area (Å²) in [7, 11) is 1.34. The zero-order chi connectivity index (χ0) is 21.1. The van der Waals surface area contributed by atoms with Gasteiger partial charge in [0.1, 0.15) is 12.4 Å². The molecule has 0 atom stereocenters. The van der Waals surface area contributed by atoms with Gasteiger partial charge >= 0.3 is 18.3 Å². The van der Waals surface area contributed by atoms with Crippen molar-refractivity contribution < 1.29 is 45.4 Å². The third kappa shape index (κ3) is 4.81. The zero-order valence-electron chi connectivity index (χ0n) is 14.1. The average molecular weight is 406 g/mol. The molecule has 0 fully saturated rings. The van der Waals surface area contributed by atoms with Crippen molar-refractivity contribution in [2.45, 2.75) is 19.0 Å². The minimum absolute atomic E-state index is 0.0102. The summed E-state index contributed by atoms with van der Waals surface area (Å²) in [5, 5.41) is 0. The molecule has 0 bridgehead atoms. The fourth-order valence-corrected chi connectivity index (χ4v) is 2.39. The molecule has 0 aliphatic carbocycles. The molecule has 0 aliphatic rings. The Morgan fingerprint density at radius 3 is 2.14 bits per heavy atom. The number of carbonyl (C=O) groups excluding carboxylic acids is 2. The maximum Gasteiger partial charge on any atom is 0.490 e. The molecule has 0 amide bonds. The van der Waals surface area contributed by atoms with E-state index < -0.39 is 41.8 Å². The highest BCUT2D eigenvalue weighted by molar-refractivity contribution is 6.03. The smallest absolute Gasteiger partial charge is 0.490 e. The summed E-state index contributed by atoms with van der Waals surface area (Å²) >= 11 is 0. The van der Waals surface area contributed by atoms with Crippen LogP contribution in [0.25, 0.3) is 11.1 Å². The highest BCUT2D eigenvalue weighted by Gasteiger charge is 2.43. The van der Waals surface area contributed by atoms with Gasteiger partial charge in [-0.15, -0.1) is 0 Å². The van der Waals surface area contributed by atoms with Gasteiger partial charge in [-0.25, -0.2) is 4.79 Å². The van der Waals surface area contributed by atoms with Gasteiger partial charge in [0, 0.05) is 11.1 Å². The van der Waals surface area contributed by atoms with Crippen molar-refractivity contribution in [1.29, 1.82) is 0 Å². The molecule has 28 heavy (non-hydrogen) atoms. The van der Waals surface area contributed by atoms with Crippen molar-refractivity contribution in [3.8, 4) is 16.9 Å². The monoisotopic (exact) mass is 406 g/mol. The number of carbonyl (C=O) groups is 2. The first-order valence-electron chi connectivity index (χ1n) is 7.57. The van der Waals surface area contributed by atoms with Crippen LogP contribution in [0.5, 0.6) is 5.75 Å². The predicted octanol–water partition coefficient (Wildman–Crippen LogP) is 4.71. The highest BCUT2D eigenvalue weighted by atomic mass is 19.4. The van der Waals surface area contributed by atoms with Crippen LogP contribution in [0.4, 0.5) is 26.3 Å². The lowest BCUT2D eigenvalue weighted by molar-refractivity contribution is -0.201. The van der Waals surface area contributed by atoms with E-state index in [4.69, 9.17) is 4.74 Å². The van der Waals surface area contributed by atoms with Crippen LogP contribution in [0.3, 0.4) is 0 Å². The zero-order valence-corrected chi connectivity index (χ0v) is 14.1. The third-order valence-corrected chi connectivity index (χ3v) is 3.64. The van der Waals surface area contributed by atoms with Crippen molar-refractivity contribution in [3.63, 3.8) is 0 Å². The summed E-state index contributed by atoms with van der Waals surface area (Å²) in [6.07, 6.45) is -10.6. The van der Waals surface area contributed by atoms with Crippen molar-refractivity contribution in [1.82, 2.24) is 0 Å². The number of hydrogen-bond acceptors (Lipinski definition) is 4. The molecule has 0 heterocycles. The molecule has 0 unspecified atom stereocenters. The van der Waals surface area contributed by atoms with Crippen LogP contribution >= 0.6 is 0 Å². The number of esters is 1. The predicted molar refractivity (Wildman–Crippen MR) is 84.7 cm³/mol. The topological polar surface area (TPSA) is 52.6 Å². The first kappa shape index (κ1) is 21.3. The molecule has 0 aliphatic heterocycles. The molecule has 0 radical (unpaired) electrons. The molecule has 150 valence electrons. The number of methoxy groups -OCH3 is 1. The lowest BCUT2D eigenvalue weighted by atomic mass is 9.93. The number of ether oxygens (including phenoxy) is 2. The van der Waals surface area contributed by atoms with E-state index in [9.17, 15) is 35.9 Å². The van der Waals surface area contributed by atoms with Gasteiger partial charge in [-0.3, -0.25) is 4.79 Å². The van der Waals surface area contributed by atoms with E-state index in [-0.39, 0.29) is 11.1 Å². The quantitative estimate of drug-likeness (QED) is 0.410. The molecule has 0 saturated heterocycles. The summed E-state index contributed by atoms with van der Waals surface area (Å²) in [6, 6.07) is 9.13. The van der Waals surface area contributed by atoms with E-state index in [1.165, 1.54) is 37.4 Å². The minimum Gasteiger partial charge on any atom is -0.497 e. The number of halogens is 6. The van der Waals surface area contributed by atoms with Crippen LogP contribution in [-0.4, -0.2) is 31.2 Å². The van der Waals surface area contributed by atoms with Crippen LogP contribution in [0.15, 0.2) is 42.5 Å². The van der Waals surface area contributed by atoms with Crippen molar-refractivity contribution in [2.24, 2.45) is 0 Å². The van der Waals surface area contributed by atoms with Crippen LogP contribution in [0, 0.1) is 0 Å². The Bertz CT molecular complexity index is 886. The molecule has 0 saturated carbocycles. The average Bonchev–Trinajstić information content (AvgIpc) is 2.63. The summed E-state index contributed by atoms with van der Waals surface area (Å²) < 4.78 is 85.0. The first-order chi connectivity index (χ1) is 12.9. The van der Waals surface area contributed by atoms with Crippen LogP contribution in [-0.2, 0) is 16.1 Å². The minimum atomic E-state index is -5.33. The Morgan fingerprint density at radius 2 is 1.57 bits per heavy atom. The van der Waals surface area contributed by atoms with Gasteiger partial charge in [-0.1, -0.05) is 30.3 Å². The molecule has 0 aromatic heterocycles. The Hall–Kier alpha value is -3.04. The number of rotatable bonds is 5. The Kier molecular flexibility index (Phi) is 6.01.